The van der Waals surface area contributed by atoms with Gasteiger partial charge in [-0.1, -0.05) is 27.7 Å². The van der Waals surface area contributed by atoms with Gasteiger partial charge in [0.1, 0.15) is 0 Å². The van der Waals surface area contributed by atoms with Crippen molar-refractivity contribution in [3.63, 3.8) is 0 Å². The zero-order valence-electron chi connectivity index (χ0n) is 7.91. The third-order valence-electron chi connectivity index (χ3n) is 1.79. The zero-order valence-corrected chi connectivity index (χ0v) is 7.91. The molecule has 2 atom stereocenters. The topological polar surface area (TPSA) is 40.5 Å². The Bertz CT molecular complexity index is 99.7. The van der Waals surface area contributed by atoms with Gasteiger partial charge in [-0.15, -0.1) is 0 Å². The summed E-state index contributed by atoms with van der Waals surface area (Å²) < 4.78 is 0. The van der Waals surface area contributed by atoms with Gasteiger partial charge in [-0.2, -0.15) is 0 Å². The molecule has 0 heterocycles. The molecule has 2 N–H and O–H groups in total. The third-order valence-corrected chi connectivity index (χ3v) is 1.79. The van der Waals surface area contributed by atoms with Gasteiger partial charge < -0.3 is 10.2 Å². The van der Waals surface area contributed by atoms with Gasteiger partial charge in [0.2, 0.25) is 0 Å². The van der Waals surface area contributed by atoms with Crippen LogP contribution >= 0.6 is 0 Å². The van der Waals surface area contributed by atoms with Crippen molar-refractivity contribution >= 4 is 0 Å². The van der Waals surface area contributed by atoms with Crippen molar-refractivity contribution in [1.82, 2.24) is 0 Å². The molecule has 2 heteroatoms. The van der Waals surface area contributed by atoms with Gasteiger partial charge in [0.05, 0.1) is 12.2 Å². The van der Waals surface area contributed by atoms with Gasteiger partial charge in [-0.25, -0.2) is 0 Å². The van der Waals surface area contributed by atoms with E-state index in [1.807, 2.05) is 27.7 Å². The average Bonchev–Trinajstić information content (AvgIpc) is 1.84. The van der Waals surface area contributed by atoms with Gasteiger partial charge in [-0.05, 0) is 18.3 Å². The summed E-state index contributed by atoms with van der Waals surface area (Å²) in [7, 11) is 0. The second-order valence-electron chi connectivity index (χ2n) is 3.93. The SMILES string of the molecule is CC(C)C[C@H](O)[C@H](O)C(C)C. The van der Waals surface area contributed by atoms with E-state index in [0.29, 0.717) is 12.3 Å². The fourth-order valence-corrected chi connectivity index (χ4v) is 1.07. The first kappa shape index (κ1) is 10.9. The quantitative estimate of drug-likeness (QED) is 0.653. The Labute approximate surface area is 69.2 Å². The molecule has 0 aromatic rings. The average molecular weight is 160 g/mol. The minimum atomic E-state index is -0.572. The van der Waals surface area contributed by atoms with Crippen LogP contribution in [0.4, 0.5) is 0 Å². The van der Waals surface area contributed by atoms with Crippen LogP contribution in [0.5, 0.6) is 0 Å². The van der Waals surface area contributed by atoms with E-state index in [2.05, 4.69) is 0 Å². The second-order valence-corrected chi connectivity index (χ2v) is 3.93. The summed E-state index contributed by atoms with van der Waals surface area (Å²) in [6, 6.07) is 0. The summed E-state index contributed by atoms with van der Waals surface area (Å²) in [4.78, 5) is 0. The first-order valence-corrected chi connectivity index (χ1v) is 4.31. The molecule has 0 radical (unpaired) electrons. The van der Waals surface area contributed by atoms with E-state index in [4.69, 9.17) is 0 Å². The Balaban J connectivity index is 3.73. The summed E-state index contributed by atoms with van der Waals surface area (Å²) in [5, 5.41) is 18.8. The van der Waals surface area contributed by atoms with Crippen LogP contribution in [0, 0.1) is 11.8 Å². The maximum absolute atomic E-state index is 9.41. The first-order valence-electron chi connectivity index (χ1n) is 4.31. The van der Waals surface area contributed by atoms with Crippen molar-refractivity contribution in [2.75, 3.05) is 0 Å². The highest BCUT2D eigenvalue weighted by atomic mass is 16.3. The molecular formula is C9H20O2. The summed E-state index contributed by atoms with van der Waals surface area (Å²) in [6.45, 7) is 7.90. The van der Waals surface area contributed by atoms with Crippen LogP contribution < -0.4 is 0 Å². The van der Waals surface area contributed by atoms with E-state index in [1.54, 1.807) is 0 Å². The minimum absolute atomic E-state index is 0.142. The maximum Gasteiger partial charge on any atom is 0.0822 e. The maximum atomic E-state index is 9.41. The Morgan fingerprint density at radius 3 is 1.73 bits per heavy atom. The summed E-state index contributed by atoms with van der Waals surface area (Å²) in [5.41, 5.74) is 0. The Hall–Kier alpha value is -0.0800. The molecule has 0 aromatic heterocycles. The third kappa shape index (κ3) is 4.38. The molecule has 0 saturated heterocycles. The molecule has 0 aromatic carbocycles. The monoisotopic (exact) mass is 160 g/mol. The first-order chi connectivity index (χ1) is 4.95. The van der Waals surface area contributed by atoms with Gasteiger partial charge >= 0.3 is 0 Å². The molecule has 68 valence electrons. The van der Waals surface area contributed by atoms with E-state index < -0.39 is 12.2 Å². The molecule has 0 aliphatic carbocycles. The lowest BCUT2D eigenvalue weighted by atomic mass is 9.95. The highest BCUT2D eigenvalue weighted by Crippen LogP contribution is 2.13. The van der Waals surface area contributed by atoms with Crippen molar-refractivity contribution in [1.29, 1.82) is 0 Å². The molecule has 11 heavy (non-hydrogen) atoms. The highest BCUT2D eigenvalue weighted by molar-refractivity contribution is 4.71. The van der Waals surface area contributed by atoms with Crippen LogP contribution in [0.2, 0.25) is 0 Å². The lowest BCUT2D eigenvalue weighted by Gasteiger charge is -2.22. The standard InChI is InChI=1S/C9H20O2/c1-6(2)5-8(10)9(11)7(3)4/h6-11H,5H2,1-4H3/t8-,9+/m0/s1. The number of aliphatic hydroxyl groups excluding tert-OH is 2. The summed E-state index contributed by atoms with van der Waals surface area (Å²) in [6.07, 6.45) is -0.452. The van der Waals surface area contributed by atoms with E-state index in [0.717, 1.165) is 0 Å². The molecule has 0 spiro atoms. The zero-order chi connectivity index (χ0) is 9.02. The number of hydrogen-bond acceptors (Lipinski definition) is 2. The Morgan fingerprint density at radius 1 is 1.00 bits per heavy atom. The van der Waals surface area contributed by atoms with Gasteiger partial charge in [0.15, 0.2) is 0 Å². The molecule has 0 amide bonds. The second kappa shape index (κ2) is 4.73. The fourth-order valence-electron chi connectivity index (χ4n) is 1.07. The van der Waals surface area contributed by atoms with Gasteiger partial charge in [0.25, 0.3) is 0 Å². The lowest BCUT2D eigenvalue weighted by Crippen LogP contribution is -2.31. The van der Waals surface area contributed by atoms with E-state index in [1.165, 1.54) is 0 Å². The minimum Gasteiger partial charge on any atom is -0.390 e. The van der Waals surface area contributed by atoms with Crippen molar-refractivity contribution in [2.24, 2.45) is 11.8 Å². The fraction of sp³-hybridized carbons (Fsp3) is 1.00. The van der Waals surface area contributed by atoms with Crippen molar-refractivity contribution < 1.29 is 10.2 Å². The van der Waals surface area contributed by atoms with Crippen LogP contribution in [0.3, 0.4) is 0 Å². The molecule has 0 saturated carbocycles. The number of aliphatic hydroxyl groups is 2. The summed E-state index contributed by atoms with van der Waals surface area (Å²) in [5.74, 6) is 0.585. The van der Waals surface area contributed by atoms with Crippen molar-refractivity contribution in [2.45, 2.75) is 46.3 Å². The largest absolute Gasteiger partial charge is 0.390 e. The van der Waals surface area contributed by atoms with Crippen molar-refractivity contribution in [3.05, 3.63) is 0 Å². The molecule has 2 nitrogen and oxygen atoms in total. The van der Waals surface area contributed by atoms with Crippen LogP contribution in [0.15, 0.2) is 0 Å². The van der Waals surface area contributed by atoms with Gasteiger partial charge in [-0.3, -0.25) is 0 Å². The Morgan fingerprint density at radius 2 is 1.45 bits per heavy atom. The van der Waals surface area contributed by atoms with Crippen LogP contribution in [-0.2, 0) is 0 Å². The Kier molecular flexibility index (Phi) is 4.69. The lowest BCUT2D eigenvalue weighted by molar-refractivity contribution is -0.0180. The molecular weight excluding hydrogens is 140 g/mol. The van der Waals surface area contributed by atoms with E-state index in [9.17, 15) is 10.2 Å². The number of hydrogen-bond donors (Lipinski definition) is 2. The smallest absolute Gasteiger partial charge is 0.0822 e. The van der Waals surface area contributed by atoms with Gasteiger partial charge in [0, 0.05) is 0 Å². The predicted octanol–water partition coefficient (Wildman–Crippen LogP) is 1.41. The van der Waals surface area contributed by atoms with Crippen molar-refractivity contribution in [3.8, 4) is 0 Å². The van der Waals surface area contributed by atoms with Crippen LogP contribution in [-0.4, -0.2) is 22.4 Å². The molecule has 0 aliphatic rings. The van der Waals surface area contributed by atoms with Crippen LogP contribution in [0.1, 0.15) is 34.1 Å². The highest BCUT2D eigenvalue weighted by Gasteiger charge is 2.19. The van der Waals surface area contributed by atoms with Crippen LogP contribution in [0.25, 0.3) is 0 Å². The molecule has 0 aliphatic heterocycles. The molecule has 0 rings (SSSR count). The van der Waals surface area contributed by atoms with E-state index >= 15 is 0 Å². The molecule has 0 unspecified atom stereocenters. The predicted molar refractivity (Wildman–Crippen MR) is 46.3 cm³/mol. The summed E-state index contributed by atoms with van der Waals surface area (Å²) >= 11 is 0. The number of rotatable bonds is 4. The normalized spacial score (nSPS) is 17.5. The van der Waals surface area contributed by atoms with E-state index in [-0.39, 0.29) is 5.92 Å². The molecule has 0 fully saturated rings. The molecule has 0 bridgehead atoms.